The predicted octanol–water partition coefficient (Wildman–Crippen LogP) is 4.73. The van der Waals surface area contributed by atoms with Crippen LogP contribution in [0, 0.1) is 18.3 Å². The van der Waals surface area contributed by atoms with Crippen LogP contribution in [0.5, 0.6) is 6.01 Å². The Morgan fingerprint density at radius 3 is 2.70 bits per heavy atom. The van der Waals surface area contributed by atoms with E-state index in [9.17, 15) is 19.2 Å². The Kier molecular flexibility index (Phi) is 9.56. The first kappa shape index (κ1) is 31.9. The maximum atomic E-state index is 13.8. The van der Waals surface area contributed by atoms with Crippen LogP contribution in [0.15, 0.2) is 30.6 Å². The van der Waals surface area contributed by atoms with Gasteiger partial charge in [0, 0.05) is 42.7 Å². The highest BCUT2D eigenvalue weighted by atomic mass is 35.5. The lowest BCUT2D eigenvalue weighted by atomic mass is 9.65. The quantitative estimate of drug-likeness (QED) is 0.370. The Hall–Kier alpha value is -3.55. The molecule has 0 spiro atoms. The zero-order valence-electron chi connectivity index (χ0n) is 25.7. The van der Waals surface area contributed by atoms with Gasteiger partial charge in [0.25, 0.3) is 5.91 Å². The predicted molar refractivity (Wildman–Crippen MR) is 167 cm³/mol. The molecule has 2 aromatic rings. The summed E-state index contributed by atoms with van der Waals surface area (Å²) in [6, 6.07) is 7.85. The highest BCUT2D eigenvalue weighted by Crippen LogP contribution is 2.44. The molecule has 1 aromatic heterocycles. The van der Waals surface area contributed by atoms with Gasteiger partial charge in [-0.2, -0.15) is 15.2 Å². The molecule has 11 heteroatoms. The lowest BCUT2D eigenvalue weighted by Gasteiger charge is -2.41. The van der Waals surface area contributed by atoms with Gasteiger partial charge < -0.3 is 19.4 Å². The van der Waals surface area contributed by atoms with E-state index in [0.29, 0.717) is 42.5 Å². The molecule has 234 valence electrons. The Bertz CT molecular complexity index is 1490. The summed E-state index contributed by atoms with van der Waals surface area (Å²) in [5.74, 6) is -1.16. The number of ketones is 1. The number of likely N-dealkylation sites (tertiary alicyclic amines) is 1. The third kappa shape index (κ3) is 6.18. The largest absolute Gasteiger partial charge is 0.462 e. The molecule has 2 fully saturated rings. The maximum absolute atomic E-state index is 13.8. The van der Waals surface area contributed by atoms with Gasteiger partial charge >= 0.3 is 6.01 Å². The van der Waals surface area contributed by atoms with Gasteiger partial charge in [-0.1, -0.05) is 30.3 Å². The summed E-state index contributed by atoms with van der Waals surface area (Å²) >= 11 is 6.62. The summed E-state index contributed by atoms with van der Waals surface area (Å²) in [7, 11) is 2.08. The first-order valence-corrected chi connectivity index (χ1v) is 15.7. The molecule has 0 radical (unpaired) electrons. The summed E-state index contributed by atoms with van der Waals surface area (Å²) in [4.78, 5) is 41.5. The smallest absolute Gasteiger partial charge is 0.318 e. The minimum atomic E-state index is -1.04. The Morgan fingerprint density at radius 2 is 2.02 bits per heavy atom. The van der Waals surface area contributed by atoms with Crippen molar-refractivity contribution >= 4 is 29.1 Å². The van der Waals surface area contributed by atoms with Crippen LogP contribution >= 0.6 is 11.6 Å². The van der Waals surface area contributed by atoms with E-state index in [0.717, 1.165) is 48.9 Å². The number of aromatic nitrogens is 2. The molecule has 3 heterocycles. The number of carbonyl (C=O) groups excluding carboxylic acids is 2. The lowest BCUT2D eigenvalue weighted by molar-refractivity contribution is -0.131. The maximum Gasteiger partial charge on any atom is 0.318 e. The average Bonchev–Trinajstić information content (AvgIpc) is 3.41. The van der Waals surface area contributed by atoms with Gasteiger partial charge in [-0.05, 0) is 76.7 Å². The number of benzene rings is 1. The zero-order valence-corrected chi connectivity index (χ0v) is 26.5. The molecule has 1 amide bonds. The van der Waals surface area contributed by atoms with Crippen molar-refractivity contribution in [3.05, 3.63) is 58.0 Å². The van der Waals surface area contributed by atoms with E-state index < -0.39 is 23.2 Å². The molecule has 0 bridgehead atoms. The standard InChI is InChI=1S/C33H40ClFN6O3/c1-21-29(18-33(23(3)42)13-6-9-26-27(33)10-5-11-28(26)34)37-32(44-20-25-8-7-15-39(25)4)38-30(21)40-16-17-41(31(43)22(2)35)24(19-40)12-14-36/h5,10-11,24-25H,2,6-9,12-13,15-20H2,1,3-4H3/t24-,25-,33?/m0/s1. The molecular formula is C33H40ClFN6O3. The van der Waals surface area contributed by atoms with Crippen molar-refractivity contribution in [3.63, 3.8) is 0 Å². The number of halogens is 2. The number of amides is 1. The molecule has 3 atom stereocenters. The number of fused-ring (bicyclic) bond motifs is 1. The van der Waals surface area contributed by atoms with E-state index in [1.165, 1.54) is 4.90 Å². The number of carbonyl (C=O) groups is 2. The van der Waals surface area contributed by atoms with Crippen molar-refractivity contribution < 1.29 is 18.7 Å². The van der Waals surface area contributed by atoms with Crippen molar-refractivity contribution in [2.24, 2.45) is 0 Å². The molecule has 44 heavy (non-hydrogen) atoms. The first-order valence-electron chi connectivity index (χ1n) is 15.3. The topological polar surface area (TPSA) is 103 Å². The number of nitrogens with zero attached hydrogens (tertiary/aromatic N) is 6. The number of rotatable bonds is 9. The van der Waals surface area contributed by atoms with E-state index in [1.54, 1.807) is 6.92 Å². The molecule has 0 saturated carbocycles. The van der Waals surface area contributed by atoms with Crippen LogP contribution < -0.4 is 9.64 Å². The molecule has 1 unspecified atom stereocenters. The lowest BCUT2D eigenvalue weighted by Crippen LogP contribution is -2.55. The van der Waals surface area contributed by atoms with Crippen LogP contribution in [-0.4, -0.2) is 83.4 Å². The molecule has 2 saturated heterocycles. The van der Waals surface area contributed by atoms with Gasteiger partial charge in [-0.3, -0.25) is 9.59 Å². The minimum Gasteiger partial charge on any atom is -0.462 e. The van der Waals surface area contributed by atoms with E-state index in [2.05, 4.69) is 24.6 Å². The summed E-state index contributed by atoms with van der Waals surface area (Å²) in [5, 5.41) is 10.2. The van der Waals surface area contributed by atoms with E-state index >= 15 is 0 Å². The fourth-order valence-corrected chi connectivity index (χ4v) is 7.38. The van der Waals surface area contributed by atoms with Crippen molar-refractivity contribution in [1.29, 1.82) is 5.26 Å². The second kappa shape index (κ2) is 13.2. The van der Waals surface area contributed by atoms with Crippen LogP contribution in [0.1, 0.15) is 61.4 Å². The third-order valence-electron chi connectivity index (χ3n) is 9.69. The van der Waals surface area contributed by atoms with Crippen molar-refractivity contribution in [2.45, 2.75) is 76.3 Å². The van der Waals surface area contributed by atoms with Crippen molar-refractivity contribution in [1.82, 2.24) is 19.8 Å². The number of hydrogen-bond donors (Lipinski definition) is 0. The molecule has 0 N–H and O–H groups in total. The van der Waals surface area contributed by atoms with Gasteiger partial charge in [0.2, 0.25) is 0 Å². The summed E-state index contributed by atoms with van der Waals surface area (Å²) in [6.07, 6.45) is 4.85. The average molecular weight is 623 g/mol. The van der Waals surface area contributed by atoms with Crippen LogP contribution in [0.25, 0.3) is 0 Å². The van der Waals surface area contributed by atoms with E-state index in [-0.39, 0.29) is 37.3 Å². The number of hydrogen-bond acceptors (Lipinski definition) is 8. The molecule has 1 aromatic carbocycles. The SMILES string of the molecule is C=C(F)C(=O)N1CCN(c2nc(OC[C@@H]3CCCN3C)nc(CC3(C(C)=O)CCCc4c(Cl)cccc43)c2C)C[C@@H]1CC#N. The number of ether oxygens (including phenoxy) is 1. The molecule has 2 aliphatic heterocycles. The second-order valence-electron chi connectivity index (χ2n) is 12.3. The summed E-state index contributed by atoms with van der Waals surface area (Å²) < 4.78 is 20.1. The molecular weight excluding hydrogens is 583 g/mol. The minimum absolute atomic E-state index is 0.0366. The van der Waals surface area contributed by atoms with Crippen molar-refractivity contribution in [2.75, 3.05) is 44.7 Å². The second-order valence-corrected chi connectivity index (χ2v) is 12.7. The zero-order chi connectivity index (χ0) is 31.6. The Morgan fingerprint density at radius 1 is 1.23 bits per heavy atom. The van der Waals surface area contributed by atoms with Crippen molar-refractivity contribution in [3.8, 4) is 12.1 Å². The van der Waals surface area contributed by atoms with Gasteiger partial charge in [0.1, 0.15) is 18.2 Å². The van der Waals surface area contributed by atoms with Crippen LogP contribution in [0.2, 0.25) is 5.02 Å². The van der Waals surface area contributed by atoms with E-state index in [1.807, 2.05) is 30.0 Å². The Balaban J connectivity index is 1.54. The summed E-state index contributed by atoms with van der Waals surface area (Å²) in [5.41, 5.74) is 2.67. The third-order valence-corrected chi connectivity index (χ3v) is 10.0. The molecule has 5 rings (SSSR count). The van der Waals surface area contributed by atoms with Gasteiger partial charge in [0.15, 0.2) is 5.83 Å². The normalized spacial score (nSPS) is 23.6. The number of piperazine rings is 1. The molecule has 1 aliphatic carbocycles. The van der Waals surface area contributed by atoms with E-state index in [4.69, 9.17) is 26.3 Å². The number of likely N-dealkylation sites (N-methyl/N-ethyl adjacent to an activating group) is 1. The van der Waals surface area contributed by atoms with Gasteiger partial charge in [-0.25, -0.2) is 4.39 Å². The first-order chi connectivity index (χ1) is 21.1. The van der Waals surface area contributed by atoms with Crippen LogP contribution in [0.3, 0.4) is 0 Å². The van der Waals surface area contributed by atoms with Gasteiger partial charge in [0.05, 0.1) is 29.6 Å². The monoisotopic (exact) mass is 622 g/mol. The fraction of sp³-hybridized carbons (Fsp3) is 0.545. The van der Waals surface area contributed by atoms with Gasteiger partial charge in [-0.15, -0.1) is 0 Å². The highest BCUT2D eigenvalue weighted by molar-refractivity contribution is 6.31. The number of anilines is 1. The summed E-state index contributed by atoms with van der Waals surface area (Å²) in [6.45, 7) is 9.06. The fourth-order valence-electron chi connectivity index (χ4n) is 7.11. The van der Waals surface area contributed by atoms with Crippen LogP contribution in [0.4, 0.5) is 10.2 Å². The Labute approximate surface area is 263 Å². The molecule has 9 nitrogen and oxygen atoms in total. The number of Topliss-reactive ketones (excluding diaryl/α,β-unsaturated/α-hetero) is 1. The van der Waals surface area contributed by atoms with Crippen LogP contribution in [-0.2, 0) is 27.8 Å². The highest BCUT2D eigenvalue weighted by Gasteiger charge is 2.43. The molecule has 3 aliphatic rings. The number of nitriles is 1.